The van der Waals surface area contributed by atoms with Crippen LogP contribution in [0.15, 0.2) is 0 Å². The van der Waals surface area contributed by atoms with Crippen LogP contribution in [0.1, 0.15) is 19.8 Å². The van der Waals surface area contributed by atoms with Crippen LogP contribution in [-0.4, -0.2) is 57.5 Å². The van der Waals surface area contributed by atoms with Crippen LogP contribution in [0.5, 0.6) is 0 Å². The predicted molar refractivity (Wildman–Crippen MR) is 75.1 cm³/mol. The van der Waals surface area contributed by atoms with Crippen LogP contribution in [0.25, 0.3) is 0 Å². The molecule has 102 valence electrons. The Hall–Kier alpha value is -0.360. The fourth-order valence-electron chi connectivity index (χ4n) is 2.33. The summed E-state index contributed by atoms with van der Waals surface area (Å²) in [6.45, 7) is 2.69. The first-order valence-electron chi connectivity index (χ1n) is 6.22. The van der Waals surface area contributed by atoms with Crippen molar-refractivity contribution in [2.45, 2.75) is 25.0 Å². The molecule has 1 N–H and O–H groups in total. The summed E-state index contributed by atoms with van der Waals surface area (Å²) in [5, 5.41) is 9.56. The van der Waals surface area contributed by atoms with Crippen LogP contribution in [0, 0.1) is 5.41 Å². The van der Waals surface area contributed by atoms with Crippen LogP contribution < -0.4 is 0 Å². The molecule has 0 saturated carbocycles. The maximum atomic E-state index is 12.1. The Morgan fingerprint density at radius 2 is 2.22 bits per heavy atom. The molecule has 0 bridgehead atoms. The average molecular weight is 289 g/mol. The van der Waals surface area contributed by atoms with Gasteiger partial charge in [0, 0.05) is 42.0 Å². The third-order valence-corrected chi connectivity index (χ3v) is 6.47. The van der Waals surface area contributed by atoms with Gasteiger partial charge in [-0.05, 0) is 13.3 Å². The van der Waals surface area contributed by atoms with E-state index in [4.69, 9.17) is 5.11 Å². The molecule has 1 amide bonds. The number of rotatable bonds is 3. The van der Waals surface area contributed by atoms with Gasteiger partial charge in [0.1, 0.15) is 0 Å². The molecule has 0 aromatic rings. The number of nitrogens with zero attached hydrogens (tertiary/aromatic N) is 1. The van der Waals surface area contributed by atoms with E-state index in [9.17, 15) is 9.59 Å². The highest BCUT2D eigenvalue weighted by molar-refractivity contribution is 8.06. The molecule has 2 heterocycles. The second-order valence-corrected chi connectivity index (χ2v) is 7.76. The molecular formula is C12H19NO3S2. The van der Waals surface area contributed by atoms with Gasteiger partial charge in [-0.3, -0.25) is 9.59 Å². The summed E-state index contributed by atoms with van der Waals surface area (Å²) >= 11 is 3.78. The molecule has 2 fully saturated rings. The first kappa shape index (κ1) is 14.1. The maximum absolute atomic E-state index is 12.1. The molecular weight excluding hydrogens is 270 g/mol. The third-order valence-electron chi connectivity index (χ3n) is 3.63. The summed E-state index contributed by atoms with van der Waals surface area (Å²) in [6.07, 6.45) is 1.13. The lowest BCUT2D eigenvalue weighted by Crippen LogP contribution is -2.36. The van der Waals surface area contributed by atoms with E-state index >= 15 is 0 Å². The molecule has 2 aliphatic heterocycles. The first-order valence-corrected chi connectivity index (χ1v) is 8.42. The number of hydrogen-bond acceptors (Lipinski definition) is 4. The Kier molecular flexibility index (Phi) is 4.48. The minimum absolute atomic E-state index is 0.125. The Bertz CT molecular complexity index is 344. The molecule has 0 aromatic heterocycles. The van der Waals surface area contributed by atoms with Gasteiger partial charge in [-0.2, -0.15) is 23.5 Å². The molecule has 2 atom stereocenters. The zero-order chi connectivity index (χ0) is 13.2. The van der Waals surface area contributed by atoms with Gasteiger partial charge in [0.15, 0.2) is 0 Å². The zero-order valence-electron chi connectivity index (χ0n) is 10.6. The lowest BCUT2D eigenvalue weighted by Gasteiger charge is -2.24. The van der Waals surface area contributed by atoms with Crippen molar-refractivity contribution >= 4 is 35.4 Å². The highest BCUT2D eigenvalue weighted by Crippen LogP contribution is 2.32. The van der Waals surface area contributed by atoms with E-state index in [0.29, 0.717) is 31.2 Å². The minimum atomic E-state index is -0.791. The lowest BCUT2D eigenvalue weighted by atomic mass is 9.90. The Morgan fingerprint density at radius 1 is 1.44 bits per heavy atom. The van der Waals surface area contributed by atoms with Crippen LogP contribution in [0.4, 0.5) is 0 Å². The molecule has 6 heteroatoms. The minimum Gasteiger partial charge on any atom is -0.481 e. The van der Waals surface area contributed by atoms with Crippen LogP contribution in [-0.2, 0) is 9.59 Å². The van der Waals surface area contributed by atoms with E-state index in [1.807, 2.05) is 23.5 Å². The van der Waals surface area contributed by atoms with E-state index in [1.165, 1.54) is 5.75 Å². The number of carboxylic acid groups (broad SMARTS) is 1. The van der Waals surface area contributed by atoms with Gasteiger partial charge in [-0.1, -0.05) is 0 Å². The molecule has 0 aromatic carbocycles. The maximum Gasteiger partial charge on any atom is 0.311 e. The summed E-state index contributed by atoms with van der Waals surface area (Å²) in [5.74, 6) is 2.67. The summed E-state index contributed by atoms with van der Waals surface area (Å²) in [4.78, 5) is 25.0. The van der Waals surface area contributed by atoms with E-state index in [1.54, 1.807) is 11.8 Å². The molecule has 18 heavy (non-hydrogen) atoms. The van der Waals surface area contributed by atoms with Crippen molar-refractivity contribution in [3.63, 3.8) is 0 Å². The quantitative estimate of drug-likeness (QED) is 0.854. The smallest absolute Gasteiger partial charge is 0.311 e. The van der Waals surface area contributed by atoms with Crippen molar-refractivity contribution in [2.75, 3.05) is 30.3 Å². The Balaban J connectivity index is 1.85. The number of amides is 1. The molecule has 0 spiro atoms. The van der Waals surface area contributed by atoms with Gasteiger partial charge in [-0.15, -0.1) is 0 Å². The largest absolute Gasteiger partial charge is 0.481 e. The highest BCUT2D eigenvalue weighted by atomic mass is 32.2. The van der Waals surface area contributed by atoms with Gasteiger partial charge < -0.3 is 10.0 Å². The standard InChI is InChI=1S/C12H19NO3S2/c1-12(11(15)16)2-3-13(8-12)10(14)6-9-7-17-4-5-18-9/h9H,2-8H2,1H3,(H,15,16). The summed E-state index contributed by atoms with van der Waals surface area (Å²) in [6, 6.07) is 0. The zero-order valence-corrected chi connectivity index (χ0v) is 12.2. The summed E-state index contributed by atoms with van der Waals surface area (Å²) in [5.41, 5.74) is -0.746. The van der Waals surface area contributed by atoms with Crippen molar-refractivity contribution in [1.82, 2.24) is 4.90 Å². The van der Waals surface area contributed by atoms with Gasteiger partial charge >= 0.3 is 5.97 Å². The van der Waals surface area contributed by atoms with Crippen LogP contribution in [0.2, 0.25) is 0 Å². The molecule has 4 nitrogen and oxygen atoms in total. The molecule has 2 rings (SSSR count). The molecule has 2 unspecified atom stereocenters. The van der Waals surface area contributed by atoms with Crippen molar-refractivity contribution in [3.8, 4) is 0 Å². The summed E-state index contributed by atoms with van der Waals surface area (Å²) < 4.78 is 0. The second-order valence-electron chi connectivity index (χ2n) is 5.20. The van der Waals surface area contributed by atoms with Crippen LogP contribution >= 0.6 is 23.5 Å². The highest BCUT2D eigenvalue weighted by Gasteiger charge is 2.42. The number of likely N-dealkylation sites (tertiary alicyclic amines) is 1. The van der Waals surface area contributed by atoms with Gasteiger partial charge in [0.05, 0.1) is 5.41 Å². The van der Waals surface area contributed by atoms with E-state index in [-0.39, 0.29) is 5.91 Å². The van der Waals surface area contributed by atoms with E-state index in [0.717, 1.165) is 11.5 Å². The topological polar surface area (TPSA) is 57.6 Å². The third kappa shape index (κ3) is 3.15. The fourth-order valence-corrected chi connectivity index (χ4v) is 5.00. The monoisotopic (exact) mass is 289 g/mol. The fraction of sp³-hybridized carbons (Fsp3) is 0.833. The molecule has 0 aliphatic carbocycles. The Labute approximate surface area is 116 Å². The SMILES string of the molecule is CC1(C(=O)O)CCN(C(=O)CC2CSCCS2)C1. The molecule has 0 radical (unpaired) electrons. The van der Waals surface area contributed by atoms with E-state index < -0.39 is 11.4 Å². The second kappa shape index (κ2) is 5.74. The average Bonchev–Trinajstić information content (AvgIpc) is 2.75. The predicted octanol–water partition coefficient (Wildman–Crippen LogP) is 1.55. The lowest BCUT2D eigenvalue weighted by molar-refractivity contribution is -0.147. The number of carbonyl (C=O) groups is 2. The number of thioether (sulfide) groups is 2. The number of carbonyl (C=O) groups excluding carboxylic acids is 1. The van der Waals surface area contributed by atoms with Crippen LogP contribution in [0.3, 0.4) is 0 Å². The van der Waals surface area contributed by atoms with Gasteiger partial charge in [-0.25, -0.2) is 0 Å². The van der Waals surface area contributed by atoms with Gasteiger partial charge in [0.2, 0.25) is 5.91 Å². The first-order chi connectivity index (χ1) is 8.51. The van der Waals surface area contributed by atoms with Crippen molar-refractivity contribution in [1.29, 1.82) is 0 Å². The molecule has 2 aliphatic rings. The molecule has 2 saturated heterocycles. The van der Waals surface area contributed by atoms with Crippen molar-refractivity contribution in [3.05, 3.63) is 0 Å². The van der Waals surface area contributed by atoms with Gasteiger partial charge in [0.25, 0.3) is 0 Å². The normalized spacial score (nSPS) is 32.5. The van der Waals surface area contributed by atoms with Crippen molar-refractivity contribution in [2.24, 2.45) is 5.41 Å². The van der Waals surface area contributed by atoms with E-state index in [2.05, 4.69) is 0 Å². The number of carboxylic acids is 1. The number of hydrogen-bond donors (Lipinski definition) is 1. The number of aliphatic carboxylic acids is 1. The van der Waals surface area contributed by atoms with Crippen molar-refractivity contribution < 1.29 is 14.7 Å². The Morgan fingerprint density at radius 3 is 2.78 bits per heavy atom. The summed E-state index contributed by atoms with van der Waals surface area (Å²) in [7, 11) is 0.